The second-order valence-electron chi connectivity index (χ2n) is 5.45. The number of imide groups is 1. The van der Waals surface area contributed by atoms with E-state index in [2.05, 4.69) is 10.3 Å². The van der Waals surface area contributed by atoms with E-state index >= 15 is 0 Å². The normalized spacial score (nSPS) is 15.5. The second kappa shape index (κ2) is 6.86. The van der Waals surface area contributed by atoms with E-state index in [0.29, 0.717) is 23.3 Å². The molecule has 1 fully saturated rings. The van der Waals surface area contributed by atoms with Gasteiger partial charge in [-0.25, -0.2) is 9.78 Å². The van der Waals surface area contributed by atoms with Crippen molar-refractivity contribution in [3.05, 3.63) is 41.2 Å². The van der Waals surface area contributed by atoms with Gasteiger partial charge < -0.3 is 5.32 Å². The Hall–Kier alpha value is -1.99. The summed E-state index contributed by atoms with van der Waals surface area (Å²) in [5.74, 6) is -0.215. The minimum atomic E-state index is -0.422. The van der Waals surface area contributed by atoms with E-state index < -0.39 is 5.25 Å². The highest BCUT2D eigenvalue weighted by Crippen LogP contribution is 2.29. The molecule has 8 heteroatoms. The number of carbonyl (C=O) groups is 2. The number of rotatable bonds is 4. The molecule has 0 spiro atoms. The molecule has 1 aromatic heterocycles. The van der Waals surface area contributed by atoms with Crippen molar-refractivity contribution in [2.24, 2.45) is 0 Å². The number of urea groups is 1. The molecule has 0 radical (unpaired) electrons. The third-order valence-electron chi connectivity index (χ3n) is 3.86. The van der Waals surface area contributed by atoms with Gasteiger partial charge in [0.15, 0.2) is 5.16 Å². The highest BCUT2D eigenvalue weighted by atomic mass is 35.5. The average molecular weight is 365 g/mol. The molecule has 1 N–H and O–H groups in total. The molecule has 2 aromatic rings. The zero-order valence-electron chi connectivity index (χ0n) is 13.3. The van der Waals surface area contributed by atoms with E-state index in [0.717, 1.165) is 11.3 Å². The third-order valence-corrected chi connectivity index (χ3v) is 5.34. The number of benzene rings is 1. The van der Waals surface area contributed by atoms with Crippen LogP contribution in [0.4, 0.5) is 4.79 Å². The van der Waals surface area contributed by atoms with Crippen molar-refractivity contribution in [2.75, 3.05) is 13.1 Å². The lowest BCUT2D eigenvalue weighted by Crippen LogP contribution is -2.39. The summed E-state index contributed by atoms with van der Waals surface area (Å²) in [5.41, 5.74) is 1.86. The first kappa shape index (κ1) is 16.9. The van der Waals surface area contributed by atoms with Crippen LogP contribution < -0.4 is 5.32 Å². The van der Waals surface area contributed by atoms with Crippen LogP contribution in [0.5, 0.6) is 0 Å². The summed E-state index contributed by atoms with van der Waals surface area (Å²) in [4.78, 5) is 29.7. The van der Waals surface area contributed by atoms with Crippen LogP contribution >= 0.6 is 23.4 Å². The van der Waals surface area contributed by atoms with E-state index in [1.165, 1.54) is 16.7 Å². The van der Waals surface area contributed by atoms with Gasteiger partial charge in [0.2, 0.25) is 5.91 Å². The molecule has 1 atom stereocenters. The largest absolute Gasteiger partial charge is 0.336 e. The van der Waals surface area contributed by atoms with Gasteiger partial charge in [-0.05, 0) is 31.5 Å². The molecular weight excluding hydrogens is 348 g/mol. The van der Waals surface area contributed by atoms with Crippen LogP contribution in [-0.4, -0.2) is 44.7 Å². The van der Waals surface area contributed by atoms with Crippen LogP contribution in [0.2, 0.25) is 5.02 Å². The van der Waals surface area contributed by atoms with E-state index in [1.54, 1.807) is 13.1 Å². The summed E-state index contributed by atoms with van der Waals surface area (Å²) in [5, 5.41) is 3.57. The highest BCUT2D eigenvalue weighted by molar-refractivity contribution is 8.00. The summed E-state index contributed by atoms with van der Waals surface area (Å²) >= 11 is 7.52. The highest BCUT2D eigenvalue weighted by Gasteiger charge is 2.30. The molecule has 3 rings (SSSR count). The fraction of sp³-hybridized carbons (Fsp3) is 0.312. The molecule has 1 saturated heterocycles. The van der Waals surface area contributed by atoms with E-state index in [9.17, 15) is 9.59 Å². The van der Waals surface area contributed by atoms with Gasteiger partial charge in [-0.15, -0.1) is 0 Å². The Kier molecular flexibility index (Phi) is 4.82. The maximum absolute atomic E-state index is 12.4. The monoisotopic (exact) mass is 364 g/mol. The third kappa shape index (κ3) is 3.14. The van der Waals surface area contributed by atoms with Crippen LogP contribution in [-0.2, 0) is 4.79 Å². The van der Waals surface area contributed by atoms with E-state index in [4.69, 9.17) is 11.6 Å². The van der Waals surface area contributed by atoms with Gasteiger partial charge in [0.1, 0.15) is 0 Å². The Balaban J connectivity index is 1.82. The zero-order valence-corrected chi connectivity index (χ0v) is 14.9. The number of carbonyl (C=O) groups excluding carboxylic acids is 2. The second-order valence-corrected chi connectivity index (χ2v) is 7.16. The molecule has 0 unspecified atom stereocenters. The number of thioether (sulfide) groups is 1. The summed E-state index contributed by atoms with van der Waals surface area (Å²) in [6.45, 7) is 4.63. The number of nitrogens with zero attached hydrogens (tertiary/aromatic N) is 3. The lowest BCUT2D eigenvalue weighted by atomic mass is 10.2. The van der Waals surface area contributed by atoms with E-state index in [-0.39, 0.29) is 11.9 Å². The summed E-state index contributed by atoms with van der Waals surface area (Å²) in [6, 6.07) is 5.33. The Bertz CT molecular complexity index is 792. The molecule has 2 heterocycles. The SMILES string of the molecule is Cc1c(Cl)cccc1-n1ccnc1S[C@H](C)C(=O)N1CCNC1=O. The van der Waals surface area contributed by atoms with Gasteiger partial charge in [0.25, 0.3) is 0 Å². The minimum Gasteiger partial charge on any atom is -0.336 e. The van der Waals surface area contributed by atoms with Crippen LogP contribution in [0.15, 0.2) is 35.7 Å². The number of aromatic nitrogens is 2. The van der Waals surface area contributed by atoms with Gasteiger partial charge in [-0.2, -0.15) is 0 Å². The van der Waals surface area contributed by atoms with Crippen molar-refractivity contribution in [2.45, 2.75) is 24.3 Å². The maximum Gasteiger partial charge on any atom is 0.324 e. The number of imidazole rings is 1. The maximum atomic E-state index is 12.4. The van der Waals surface area contributed by atoms with Crippen LogP contribution in [0, 0.1) is 6.92 Å². The Morgan fingerprint density at radius 2 is 2.25 bits per heavy atom. The first-order valence-electron chi connectivity index (χ1n) is 7.53. The van der Waals surface area contributed by atoms with Crippen molar-refractivity contribution in [1.29, 1.82) is 0 Å². The van der Waals surface area contributed by atoms with Crippen LogP contribution in [0.3, 0.4) is 0 Å². The van der Waals surface area contributed by atoms with Crippen LogP contribution in [0.25, 0.3) is 5.69 Å². The quantitative estimate of drug-likeness (QED) is 0.847. The molecule has 6 nitrogen and oxygen atoms in total. The lowest BCUT2D eigenvalue weighted by molar-refractivity contribution is -0.126. The van der Waals surface area contributed by atoms with Gasteiger partial charge in [0, 0.05) is 30.5 Å². The predicted molar refractivity (Wildman–Crippen MR) is 93.7 cm³/mol. The minimum absolute atomic E-state index is 0.215. The van der Waals surface area contributed by atoms with E-state index in [1.807, 2.05) is 35.9 Å². The molecule has 24 heavy (non-hydrogen) atoms. The number of hydrogen-bond acceptors (Lipinski definition) is 4. The molecular formula is C16H17ClN4O2S. The zero-order chi connectivity index (χ0) is 17.3. The number of amides is 3. The molecule has 0 aliphatic carbocycles. The topological polar surface area (TPSA) is 67.2 Å². The number of nitrogens with one attached hydrogen (secondary N) is 1. The smallest absolute Gasteiger partial charge is 0.324 e. The lowest BCUT2D eigenvalue weighted by Gasteiger charge is -2.18. The van der Waals surface area contributed by atoms with Gasteiger partial charge >= 0.3 is 6.03 Å². The van der Waals surface area contributed by atoms with Gasteiger partial charge in [-0.1, -0.05) is 29.4 Å². The fourth-order valence-corrected chi connectivity index (χ4v) is 3.64. The Morgan fingerprint density at radius 1 is 1.46 bits per heavy atom. The van der Waals surface area contributed by atoms with Gasteiger partial charge in [-0.3, -0.25) is 14.3 Å². The molecule has 3 amide bonds. The summed E-state index contributed by atoms with van der Waals surface area (Å²) < 4.78 is 1.90. The summed E-state index contributed by atoms with van der Waals surface area (Å²) in [6.07, 6.45) is 3.52. The van der Waals surface area contributed by atoms with Crippen molar-refractivity contribution in [1.82, 2.24) is 19.8 Å². The molecule has 1 aromatic carbocycles. The number of hydrogen-bond donors (Lipinski definition) is 1. The fourth-order valence-electron chi connectivity index (χ4n) is 2.53. The standard InChI is InChI=1S/C16H17ClN4O2S/c1-10-12(17)4-3-5-13(10)20-8-7-19-16(20)24-11(2)14(22)21-9-6-18-15(21)23/h3-5,7-8,11H,6,9H2,1-2H3,(H,18,23)/t11-/m1/s1. The van der Waals surface area contributed by atoms with Crippen molar-refractivity contribution < 1.29 is 9.59 Å². The van der Waals surface area contributed by atoms with Crippen molar-refractivity contribution in [3.63, 3.8) is 0 Å². The van der Waals surface area contributed by atoms with Gasteiger partial charge in [0.05, 0.1) is 10.9 Å². The average Bonchev–Trinajstić information content (AvgIpc) is 3.18. The van der Waals surface area contributed by atoms with Crippen molar-refractivity contribution >= 4 is 35.3 Å². The Labute approximate surface area is 149 Å². The predicted octanol–water partition coefficient (Wildman–Crippen LogP) is 2.87. The first-order valence-corrected chi connectivity index (χ1v) is 8.79. The molecule has 1 aliphatic heterocycles. The first-order chi connectivity index (χ1) is 11.5. The number of halogens is 1. The molecule has 0 saturated carbocycles. The molecule has 0 bridgehead atoms. The molecule has 126 valence electrons. The van der Waals surface area contributed by atoms with Crippen LogP contribution in [0.1, 0.15) is 12.5 Å². The molecule has 1 aliphatic rings. The Morgan fingerprint density at radius 3 is 2.96 bits per heavy atom. The summed E-state index contributed by atoms with van der Waals surface area (Å²) in [7, 11) is 0. The van der Waals surface area contributed by atoms with Crippen molar-refractivity contribution in [3.8, 4) is 5.69 Å².